The standard InChI is InChI=1S/C98H162O4/c1-17-37-75(9)45-25-29-49-83(61-57-79(13)41-21-5)71-99-89-65-87(66-90(69-89)100-72-84(62-58-80(14)42-22-6)50-30-26-46-76(10)38-18-2)97-93-53-33-35-55-95(93)98(96-56-36-34-54-94(96)97)88-67-91(101-73-85(63-59-81(15)43-23-7)51-31-27-47-77(11)39-19-3)70-92(68-88)102-74-86(64-60-82(16)44-24-8)52-32-28-48-78(12)40-20-4/h33-36,53-56,65-70,75-86H,17-32,37-52,57-64,71-74H2,1-16H3. The number of benzene rings is 5. The van der Waals surface area contributed by atoms with Crippen LogP contribution >= 0.6 is 0 Å². The molecule has 0 aliphatic rings. The van der Waals surface area contributed by atoms with Crippen molar-refractivity contribution in [3.05, 3.63) is 84.9 Å². The lowest BCUT2D eigenvalue weighted by atomic mass is 9.85. The maximum absolute atomic E-state index is 7.30. The van der Waals surface area contributed by atoms with Gasteiger partial charge in [0.15, 0.2) is 0 Å². The highest BCUT2D eigenvalue weighted by molar-refractivity contribution is 6.21. The Labute approximate surface area is 632 Å². The van der Waals surface area contributed by atoms with E-state index in [4.69, 9.17) is 18.9 Å². The molecule has 0 radical (unpaired) electrons. The molecule has 5 aromatic carbocycles. The smallest absolute Gasteiger partial charge is 0.123 e. The fourth-order valence-corrected chi connectivity index (χ4v) is 17.5. The van der Waals surface area contributed by atoms with E-state index in [-0.39, 0.29) is 0 Å². The van der Waals surface area contributed by atoms with Gasteiger partial charge in [-0.2, -0.15) is 0 Å². The molecule has 12 unspecified atom stereocenters. The van der Waals surface area contributed by atoms with Crippen LogP contribution in [0, 0.1) is 71.0 Å². The lowest BCUT2D eigenvalue weighted by Crippen LogP contribution is -2.15. The Morgan fingerprint density at radius 3 is 0.598 bits per heavy atom. The van der Waals surface area contributed by atoms with Crippen LogP contribution in [0.1, 0.15) is 368 Å². The summed E-state index contributed by atoms with van der Waals surface area (Å²) in [5.74, 6) is 11.9. The molecule has 0 amide bonds. The molecule has 5 aromatic rings. The van der Waals surface area contributed by atoms with Crippen LogP contribution in [0.25, 0.3) is 43.8 Å². The first-order valence-electron chi connectivity index (χ1n) is 44.3. The van der Waals surface area contributed by atoms with Crippen LogP contribution in [-0.4, -0.2) is 26.4 Å². The molecule has 0 fully saturated rings. The van der Waals surface area contributed by atoms with Crippen LogP contribution in [0.3, 0.4) is 0 Å². The van der Waals surface area contributed by atoms with Crippen molar-refractivity contribution in [1.82, 2.24) is 0 Å². The topological polar surface area (TPSA) is 36.9 Å². The van der Waals surface area contributed by atoms with Crippen LogP contribution < -0.4 is 18.9 Å². The molecule has 4 nitrogen and oxygen atoms in total. The average molecular weight is 1400 g/mol. The van der Waals surface area contributed by atoms with E-state index in [2.05, 4.69) is 196 Å². The van der Waals surface area contributed by atoms with Crippen LogP contribution in [0.5, 0.6) is 23.0 Å². The summed E-state index contributed by atoms with van der Waals surface area (Å²) in [6.45, 7) is 41.4. The van der Waals surface area contributed by atoms with Crippen LogP contribution in [0.15, 0.2) is 84.9 Å². The number of ether oxygens (including phenoxy) is 4. The SMILES string of the molecule is CCCC(C)CCCCC(CCC(C)CCC)COc1cc(OCC(CCCCC(C)CCC)CCC(C)CCC)cc(-c2c3ccccc3c(-c3cc(OCC(CCCCC(C)CCC)CCC(C)CCC)cc(OCC(CCCCC(C)CCC)CCC(C)CCC)c3)c3ccccc23)c1. The van der Waals surface area contributed by atoms with Gasteiger partial charge in [-0.05, 0) is 190 Å². The van der Waals surface area contributed by atoms with Crippen LogP contribution in [0.4, 0.5) is 0 Å². The molecule has 0 aromatic heterocycles. The second-order valence-corrected chi connectivity index (χ2v) is 34.5. The van der Waals surface area contributed by atoms with Crippen LogP contribution in [-0.2, 0) is 0 Å². The molecule has 0 aliphatic heterocycles. The summed E-state index contributed by atoms with van der Waals surface area (Å²) < 4.78 is 29.2. The number of unbranched alkanes of at least 4 members (excludes halogenated alkanes) is 4. The highest BCUT2D eigenvalue weighted by Crippen LogP contribution is 2.47. The van der Waals surface area contributed by atoms with E-state index < -0.39 is 0 Å². The van der Waals surface area contributed by atoms with Crippen molar-refractivity contribution in [2.75, 3.05) is 26.4 Å². The first-order valence-corrected chi connectivity index (χ1v) is 44.3. The predicted molar refractivity (Wildman–Crippen MR) is 452 cm³/mol. The summed E-state index contributed by atoms with van der Waals surface area (Å²) >= 11 is 0. The molecule has 102 heavy (non-hydrogen) atoms. The zero-order valence-corrected chi connectivity index (χ0v) is 69.8. The summed E-state index contributed by atoms with van der Waals surface area (Å²) in [6, 6.07) is 32.6. The number of hydrogen-bond acceptors (Lipinski definition) is 4. The minimum Gasteiger partial charge on any atom is -0.493 e. The lowest BCUT2D eigenvalue weighted by molar-refractivity contribution is 0.208. The molecule has 0 heterocycles. The van der Waals surface area contributed by atoms with E-state index in [1.807, 2.05) is 0 Å². The van der Waals surface area contributed by atoms with Gasteiger partial charge in [-0.25, -0.2) is 0 Å². The minimum atomic E-state index is 0.511. The maximum Gasteiger partial charge on any atom is 0.123 e. The van der Waals surface area contributed by atoms with E-state index in [0.717, 1.165) is 108 Å². The normalized spacial score (nSPS) is 15.5. The number of rotatable bonds is 62. The Hall–Kier alpha value is -4.18. The highest BCUT2D eigenvalue weighted by atomic mass is 16.5. The minimum absolute atomic E-state index is 0.511. The Bertz CT molecular complexity index is 2530. The van der Waals surface area contributed by atoms with Gasteiger partial charge < -0.3 is 18.9 Å². The quantitative estimate of drug-likeness (QED) is 0.0287. The lowest BCUT2D eigenvalue weighted by Gasteiger charge is -2.23. The fourth-order valence-electron chi connectivity index (χ4n) is 17.5. The van der Waals surface area contributed by atoms with E-state index in [1.54, 1.807) is 0 Å². The molecule has 5 rings (SSSR count). The first kappa shape index (κ1) is 88.4. The predicted octanol–water partition coefficient (Wildman–Crippen LogP) is 32.2. The molecule has 578 valence electrons. The summed E-state index contributed by atoms with van der Waals surface area (Å²) in [5, 5.41) is 4.97. The van der Waals surface area contributed by atoms with Gasteiger partial charge in [-0.3, -0.25) is 0 Å². The third kappa shape index (κ3) is 34.6. The van der Waals surface area contributed by atoms with E-state index >= 15 is 0 Å². The monoisotopic (exact) mass is 1400 g/mol. The van der Waals surface area contributed by atoms with Crippen molar-refractivity contribution in [3.63, 3.8) is 0 Å². The zero-order valence-electron chi connectivity index (χ0n) is 69.8. The van der Waals surface area contributed by atoms with Crippen molar-refractivity contribution in [2.45, 2.75) is 368 Å². The molecular weight excluding hydrogens is 1240 g/mol. The number of hydrogen-bond donors (Lipinski definition) is 0. The Morgan fingerprint density at radius 1 is 0.216 bits per heavy atom. The summed E-state index contributed by atoms with van der Waals surface area (Å²) in [6.07, 6.45) is 51.1. The van der Waals surface area contributed by atoms with Gasteiger partial charge in [0.1, 0.15) is 23.0 Å². The highest BCUT2D eigenvalue weighted by Gasteiger charge is 2.24. The van der Waals surface area contributed by atoms with Gasteiger partial charge in [0.05, 0.1) is 26.4 Å². The third-order valence-corrected chi connectivity index (χ3v) is 24.0. The molecular formula is C98H162O4. The van der Waals surface area contributed by atoms with Gasteiger partial charge in [0, 0.05) is 12.1 Å². The summed E-state index contributed by atoms with van der Waals surface area (Å²) in [7, 11) is 0. The Kier molecular flexibility index (Phi) is 45.7. The van der Waals surface area contributed by atoms with Crippen LogP contribution in [0.2, 0.25) is 0 Å². The van der Waals surface area contributed by atoms with Crippen molar-refractivity contribution in [1.29, 1.82) is 0 Å². The van der Waals surface area contributed by atoms with E-state index in [0.29, 0.717) is 23.7 Å². The van der Waals surface area contributed by atoms with Crippen molar-refractivity contribution in [3.8, 4) is 45.3 Å². The van der Waals surface area contributed by atoms with Gasteiger partial charge in [-0.1, -0.05) is 365 Å². The van der Waals surface area contributed by atoms with Gasteiger partial charge >= 0.3 is 0 Å². The van der Waals surface area contributed by atoms with Crippen molar-refractivity contribution >= 4 is 21.5 Å². The van der Waals surface area contributed by atoms with Crippen molar-refractivity contribution < 1.29 is 18.9 Å². The number of fused-ring (bicyclic) bond motifs is 2. The second-order valence-electron chi connectivity index (χ2n) is 34.5. The molecule has 0 bridgehead atoms. The summed E-state index contributed by atoms with van der Waals surface area (Å²) in [5.41, 5.74) is 4.82. The van der Waals surface area contributed by atoms with Gasteiger partial charge in [0.2, 0.25) is 0 Å². The largest absolute Gasteiger partial charge is 0.493 e. The van der Waals surface area contributed by atoms with Gasteiger partial charge in [0.25, 0.3) is 0 Å². The second kappa shape index (κ2) is 52.7. The van der Waals surface area contributed by atoms with Gasteiger partial charge in [-0.15, -0.1) is 0 Å². The van der Waals surface area contributed by atoms with Crippen molar-refractivity contribution in [2.24, 2.45) is 71.0 Å². The van der Waals surface area contributed by atoms with E-state index in [9.17, 15) is 0 Å². The molecule has 4 heteroatoms. The molecule has 0 spiro atoms. The summed E-state index contributed by atoms with van der Waals surface area (Å²) in [4.78, 5) is 0. The Morgan fingerprint density at radius 2 is 0.402 bits per heavy atom. The van der Waals surface area contributed by atoms with E-state index in [1.165, 1.54) is 290 Å². The third-order valence-electron chi connectivity index (χ3n) is 24.0. The molecule has 0 saturated carbocycles. The molecule has 12 atom stereocenters. The first-order chi connectivity index (χ1) is 49.5. The molecule has 0 N–H and O–H groups in total. The fraction of sp³-hybridized carbons (Fsp3) is 0.735. The molecule has 0 saturated heterocycles. The average Bonchev–Trinajstić information content (AvgIpc) is 0.734. The maximum atomic E-state index is 7.30. The molecule has 0 aliphatic carbocycles. The Balaban J connectivity index is 1.68. The zero-order chi connectivity index (χ0) is 73.7.